The fraction of sp³-hybridized carbons (Fsp3) is 0.941. The molecule has 0 aromatic heterocycles. The van der Waals surface area contributed by atoms with E-state index in [2.05, 4.69) is 31.4 Å². The lowest BCUT2D eigenvalue weighted by Gasteiger charge is -2.27. The molecule has 0 aromatic rings. The molecule has 132 valence electrons. The van der Waals surface area contributed by atoms with E-state index in [0.29, 0.717) is 24.6 Å². The first-order valence-electron chi connectivity index (χ1n) is 8.29. The smallest absolute Gasteiger partial charge is 0.407 e. The van der Waals surface area contributed by atoms with Gasteiger partial charge in [0, 0.05) is 26.2 Å². The second-order valence-electron chi connectivity index (χ2n) is 7.62. The van der Waals surface area contributed by atoms with E-state index in [1.165, 1.54) is 0 Å². The molecule has 0 fully saturated rings. The lowest BCUT2D eigenvalue weighted by Crippen LogP contribution is -2.40. The van der Waals surface area contributed by atoms with Crippen LogP contribution in [0, 0.1) is 5.41 Å². The molecule has 5 nitrogen and oxygen atoms in total. The van der Waals surface area contributed by atoms with Gasteiger partial charge in [-0.3, -0.25) is 0 Å². The number of ether oxygens (including phenoxy) is 2. The van der Waals surface area contributed by atoms with Crippen molar-refractivity contribution in [1.82, 2.24) is 10.6 Å². The Labute approximate surface area is 136 Å². The van der Waals surface area contributed by atoms with Crippen LogP contribution in [-0.2, 0) is 9.47 Å². The molecule has 1 unspecified atom stereocenters. The average molecular weight is 316 g/mol. The van der Waals surface area contributed by atoms with Crippen LogP contribution in [0.2, 0.25) is 0 Å². The van der Waals surface area contributed by atoms with Gasteiger partial charge < -0.3 is 20.1 Å². The lowest BCUT2D eigenvalue weighted by molar-refractivity contribution is 0.0526. The van der Waals surface area contributed by atoms with Gasteiger partial charge >= 0.3 is 6.09 Å². The highest BCUT2D eigenvalue weighted by molar-refractivity contribution is 5.67. The molecular weight excluding hydrogens is 280 g/mol. The first-order valence-corrected chi connectivity index (χ1v) is 8.29. The molecule has 0 saturated carbocycles. The number of hydrogen-bond donors (Lipinski definition) is 2. The maximum absolute atomic E-state index is 11.6. The Bertz CT molecular complexity index is 312. The van der Waals surface area contributed by atoms with Crippen molar-refractivity contribution in [2.24, 2.45) is 5.41 Å². The van der Waals surface area contributed by atoms with Gasteiger partial charge in [0.15, 0.2) is 0 Å². The fourth-order valence-electron chi connectivity index (χ4n) is 1.84. The molecule has 22 heavy (non-hydrogen) atoms. The van der Waals surface area contributed by atoms with Gasteiger partial charge in [-0.15, -0.1) is 0 Å². The molecule has 1 atom stereocenters. The largest absolute Gasteiger partial charge is 0.444 e. The lowest BCUT2D eigenvalue weighted by atomic mass is 9.90. The maximum atomic E-state index is 11.6. The zero-order valence-electron chi connectivity index (χ0n) is 15.5. The van der Waals surface area contributed by atoms with Gasteiger partial charge in [-0.2, -0.15) is 0 Å². The second kappa shape index (κ2) is 10.1. The Morgan fingerprint density at radius 3 is 2.32 bits per heavy atom. The number of amides is 1. The van der Waals surface area contributed by atoms with Gasteiger partial charge in [-0.05, 0) is 45.4 Å². The Balaban J connectivity index is 3.98. The van der Waals surface area contributed by atoms with Crippen LogP contribution in [0.3, 0.4) is 0 Å². The topological polar surface area (TPSA) is 59.6 Å². The zero-order valence-corrected chi connectivity index (χ0v) is 15.5. The average Bonchev–Trinajstić information content (AvgIpc) is 2.39. The van der Waals surface area contributed by atoms with Crippen molar-refractivity contribution < 1.29 is 14.3 Å². The van der Waals surface area contributed by atoms with Gasteiger partial charge in [-0.25, -0.2) is 4.79 Å². The zero-order chi connectivity index (χ0) is 17.2. The van der Waals surface area contributed by atoms with E-state index in [4.69, 9.17) is 9.47 Å². The number of hydrogen-bond acceptors (Lipinski definition) is 4. The molecule has 0 spiro atoms. The van der Waals surface area contributed by atoms with Crippen LogP contribution < -0.4 is 10.6 Å². The molecular formula is C17H36N2O3. The van der Waals surface area contributed by atoms with Gasteiger partial charge in [-0.1, -0.05) is 20.8 Å². The SMILES string of the molecule is CCC(C)(C)CNC(CCCNC(=O)OC(C)(C)C)COC. The predicted octanol–water partition coefficient (Wildman–Crippen LogP) is 3.33. The van der Waals surface area contributed by atoms with Crippen LogP contribution >= 0.6 is 0 Å². The third-order valence-corrected chi connectivity index (χ3v) is 3.59. The molecule has 2 N–H and O–H groups in total. The molecule has 0 aliphatic heterocycles. The quantitative estimate of drug-likeness (QED) is 0.607. The van der Waals surface area contributed by atoms with Gasteiger partial charge in [0.05, 0.1) is 6.61 Å². The number of carbonyl (C=O) groups excluding carboxylic acids is 1. The summed E-state index contributed by atoms with van der Waals surface area (Å²) in [6.07, 6.45) is 2.65. The number of nitrogens with one attached hydrogen (secondary N) is 2. The van der Waals surface area contributed by atoms with Crippen LogP contribution in [0.4, 0.5) is 4.79 Å². The monoisotopic (exact) mass is 316 g/mol. The third-order valence-electron chi connectivity index (χ3n) is 3.59. The predicted molar refractivity (Wildman–Crippen MR) is 91.2 cm³/mol. The summed E-state index contributed by atoms with van der Waals surface area (Å²) in [6.45, 7) is 14.6. The Kier molecular flexibility index (Phi) is 9.69. The summed E-state index contributed by atoms with van der Waals surface area (Å²) in [5.41, 5.74) is -0.156. The van der Waals surface area contributed by atoms with Crippen molar-refractivity contribution in [3.8, 4) is 0 Å². The number of rotatable bonds is 10. The van der Waals surface area contributed by atoms with Crippen molar-refractivity contribution in [1.29, 1.82) is 0 Å². The minimum Gasteiger partial charge on any atom is -0.444 e. The highest BCUT2D eigenvalue weighted by Gasteiger charge is 2.18. The summed E-state index contributed by atoms with van der Waals surface area (Å²) < 4.78 is 10.5. The van der Waals surface area contributed by atoms with Crippen molar-refractivity contribution in [2.45, 2.75) is 72.4 Å². The van der Waals surface area contributed by atoms with E-state index in [1.807, 2.05) is 20.8 Å². The van der Waals surface area contributed by atoms with E-state index >= 15 is 0 Å². The van der Waals surface area contributed by atoms with E-state index in [0.717, 1.165) is 25.8 Å². The molecule has 0 heterocycles. The van der Waals surface area contributed by atoms with Gasteiger partial charge in [0.25, 0.3) is 0 Å². The molecule has 0 saturated heterocycles. The molecule has 0 aliphatic rings. The van der Waals surface area contributed by atoms with E-state index in [9.17, 15) is 4.79 Å². The Hall–Kier alpha value is -0.810. The number of carbonyl (C=O) groups is 1. The molecule has 0 bridgehead atoms. The number of methoxy groups -OCH3 is 1. The molecule has 0 radical (unpaired) electrons. The van der Waals surface area contributed by atoms with Crippen LogP contribution in [0.25, 0.3) is 0 Å². The molecule has 1 amide bonds. The highest BCUT2D eigenvalue weighted by atomic mass is 16.6. The molecule has 0 aliphatic carbocycles. The highest BCUT2D eigenvalue weighted by Crippen LogP contribution is 2.18. The number of alkyl carbamates (subject to hydrolysis) is 1. The summed E-state index contributed by atoms with van der Waals surface area (Å²) in [4.78, 5) is 11.6. The molecule has 5 heteroatoms. The Morgan fingerprint density at radius 2 is 1.82 bits per heavy atom. The Morgan fingerprint density at radius 1 is 1.18 bits per heavy atom. The van der Waals surface area contributed by atoms with E-state index in [1.54, 1.807) is 7.11 Å². The third kappa shape index (κ3) is 11.8. The maximum Gasteiger partial charge on any atom is 0.407 e. The van der Waals surface area contributed by atoms with Crippen molar-refractivity contribution >= 4 is 6.09 Å². The van der Waals surface area contributed by atoms with Crippen molar-refractivity contribution in [2.75, 3.05) is 26.8 Å². The second-order valence-corrected chi connectivity index (χ2v) is 7.62. The van der Waals surface area contributed by atoms with Crippen LogP contribution in [0.5, 0.6) is 0 Å². The van der Waals surface area contributed by atoms with Crippen LogP contribution in [0.15, 0.2) is 0 Å². The first-order chi connectivity index (χ1) is 10.1. The van der Waals surface area contributed by atoms with E-state index in [-0.39, 0.29) is 6.09 Å². The molecule has 0 rings (SSSR count). The summed E-state index contributed by atoms with van der Waals surface area (Å²) in [7, 11) is 1.72. The van der Waals surface area contributed by atoms with Gasteiger partial charge in [0.2, 0.25) is 0 Å². The summed E-state index contributed by atoms with van der Waals surface area (Å²) >= 11 is 0. The summed E-state index contributed by atoms with van der Waals surface area (Å²) in [6, 6.07) is 0.316. The normalized spacial score (nSPS) is 13.8. The first kappa shape index (κ1) is 21.2. The summed E-state index contributed by atoms with van der Waals surface area (Å²) in [5.74, 6) is 0. The van der Waals surface area contributed by atoms with Crippen LogP contribution in [-0.4, -0.2) is 44.5 Å². The van der Waals surface area contributed by atoms with Gasteiger partial charge in [0.1, 0.15) is 5.60 Å². The van der Waals surface area contributed by atoms with Crippen LogP contribution in [0.1, 0.15) is 60.8 Å². The van der Waals surface area contributed by atoms with Crippen molar-refractivity contribution in [3.05, 3.63) is 0 Å². The molecule has 0 aromatic carbocycles. The minimum atomic E-state index is -0.448. The van der Waals surface area contributed by atoms with Crippen molar-refractivity contribution in [3.63, 3.8) is 0 Å². The standard InChI is InChI=1S/C17H36N2O3/c1-8-17(5,6)13-19-14(12-21-7)10-9-11-18-15(20)22-16(2,3)4/h14,19H,8-13H2,1-7H3,(H,18,20). The van der Waals surface area contributed by atoms with E-state index < -0.39 is 5.60 Å². The summed E-state index contributed by atoms with van der Waals surface area (Å²) in [5, 5.41) is 6.36. The fourth-order valence-corrected chi connectivity index (χ4v) is 1.84. The minimum absolute atomic E-state index is 0.292.